The molecule has 1 aliphatic heterocycles. The molecule has 182 valence electrons. The molecule has 0 bridgehead atoms. The van der Waals surface area contributed by atoms with Crippen LogP contribution in [0.15, 0.2) is 82.4 Å². The van der Waals surface area contributed by atoms with Crippen molar-refractivity contribution in [1.82, 2.24) is 30.0 Å². The number of para-hydroxylation sites is 1. The topological polar surface area (TPSA) is 123 Å². The third-order valence-corrected chi connectivity index (χ3v) is 6.70. The maximum atomic E-state index is 13.9. The lowest BCUT2D eigenvalue weighted by Gasteiger charge is -2.33. The Bertz CT molecular complexity index is 1740. The average molecular weight is 492 g/mol. The fraction of sp³-hybridized carbons (Fsp3) is 0.148. The quantitative estimate of drug-likeness (QED) is 0.370. The molecule has 0 spiro atoms. The zero-order chi connectivity index (χ0) is 24.8. The van der Waals surface area contributed by atoms with Gasteiger partial charge in [-0.3, -0.25) is 14.8 Å². The van der Waals surface area contributed by atoms with Crippen LogP contribution in [-0.2, 0) is 19.6 Å². The van der Waals surface area contributed by atoms with E-state index in [-0.39, 0.29) is 18.3 Å². The van der Waals surface area contributed by atoms with E-state index >= 15 is 0 Å². The summed E-state index contributed by atoms with van der Waals surface area (Å²) in [5, 5.41) is 9.10. The summed E-state index contributed by atoms with van der Waals surface area (Å²) in [6.45, 7) is 0.500. The number of rotatable bonds is 5. The van der Waals surface area contributed by atoms with Crippen LogP contribution >= 0.6 is 0 Å². The first-order valence-corrected chi connectivity index (χ1v) is 11.8. The Balaban J connectivity index is 1.18. The van der Waals surface area contributed by atoms with Crippen molar-refractivity contribution in [2.45, 2.75) is 25.6 Å². The number of carbonyl (C=O) groups is 1. The van der Waals surface area contributed by atoms with Crippen molar-refractivity contribution in [3.05, 3.63) is 102 Å². The third-order valence-electron chi connectivity index (χ3n) is 6.70. The molecule has 1 amide bonds. The molecule has 0 radical (unpaired) electrons. The number of ether oxygens (including phenoxy) is 1. The van der Waals surface area contributed by atoms with Crippen LogP contribution in [0.3, 0.4) is 0 Å². The Kier molecular flexibility index (Phi) is 4.95. The number of nitrogens with one attached hydrogen (secondary N) is 1. The fourth-order valence-electron chi connectivity index (χ4n) is 4.93. The van der Waals surface area contributed by atoms with Crippen molar-refractivity contribution < 1.29 is 18.4 Å². The van der Waals surface area contributed by atoms with Crippen molar-refractivity contribution in [2.75, 3.05) is 0 Å². The highest BCUT2D eigenvalue weighted by molar-refractivity contribution is 5.94. The number of amides is 1. The number of hydrogen-bond acceptors (Lipinski definition) is 8. The van der Waals surface area contributed by atoms with Crippen LogP contribution in [0.4, 0.5) is 0 Å². The molecule has 1 N–H and O–H groups in total. The summed E-state index contributed by atoms with van der Waals surface area (Å²) in [4.78, 5) is 27.6. The number of carbonyl (C=O) groups excluding carboxylic acids is 1. The first-order chi connectivity index (χ1) is 18.2. The molecule has 0 fully saturated rings. The molecule has 6 aromatic rings. The molecule has 0 aliphatic carbocycles. The van der Waals surface area contributed by atoms with Gasteiger partial charge in [-0.1, -0.05) is 18.2 Å². The Morgan fingerprint density at radius 2 is 1.97 bits per heavy atom. The van der Waals surface area contributed by atoms with E-state index in [1.54, 1.807) is 23.4 Å². The molecule has 1 unspecified atom stereocenters. The summed E-state index contributed by atoms with van der Waals surface area (Å²) >= 11 is 0. The molecular formula is C27H20N6O4. The van der Waals surface area contributed by atoms with E-state index in [2.05, 4.69) is 31.2 Å². The predicted molar refractivity (Wildman–Crippen MR) is 131 cm³/mol. The minimum absolute atomic E-state index is 0.153. The van der Waals surface area contributed by atoms with Crippen molar-refractivity contribution in [2.24, 2.45) is 0 Å². The second-order valence-corrected chi connectivity index (χ2v) is 8.83. The van der Waals surface area contributed by atoms with Crippen LogP contribution in [0.25, 0.3) is 21.9 Å². The number of furan rings is 1. The predicted octanol–water partition coefficient (Wildman–Crippen LogP) is 4.61. The van der Waals surface area contributed by atoms with Gasteiger partial charge in [-0.05, 0) is 29.8 Å². The summed E-state index contributed by atoms with van der Waals surface area (Å²) in [5.41, 5.74) is 5.29. The van der Waals surface area contributed by atoms with Crippen molar-refractivity contribution in [1.29, 1.82) is 0 Å². The number of nitrogens with zero attached hydrogens (tertiary/aromatic N) is 5. The van der Waals surface area contributed by atoms with Crippen molar-refractivity contribution >= 4 is 27.8 Å². The van der Waals surface area contributed by atoms with Gasteiger partial charge in [0.1, 0.15) is 18.4 Å². The fourth-order valence-corrected chi connectivity index (χ4v) is 4.93. The van der Waals surface area contributed by atoms with Gasteiger partial charge in [-0.15, -0.1) is 10.2 Å². The molecule has 5 heterocycles. The molecule has 10 heteroatoms. The molecule has 10 nitrogen and oxygen atoms in total. The average Bonchev–Trinajstić information content (AvgIpc) is 3.70. The molecule has 1 aliphatic rings. The lowest BCUT2D eigenvalue weighted by Crippen LogP contribution is -2.39. The van der Waals surface area contributed by atoms with Gasteiger partial charge in [-0.2, -0.15) is 0 Å². The van der Waals surface area contributed by atoms with Crippen molar-refractivity contribution in [3.8, 4) is 5.75 Å². The molecule has 0 saturated heterocycles. The van der Waals surface area contributed by atoms with Crippen LogP contribution in [0.5, 0.6) is 5.75 Å². The monoisotopic (exact) mass is 492 g/mol. The van der Waals surface area contributed by atoms with Gasteiger partial charge in [0.25, 0.3) is 5.91 Å². The number of fused-ring (bicyclic) bond motifs is 4. The van der Waals surface area contributed by atoms with Gasteiger partial charge in [0.2, 0.25) is 12.3 Å². The van der Waals surface area contributed by atoms with E-state index in [9.17, 15) is 4.79 Å². The Morgan fingerprint density at radius 1 is 1.08 bits per heavy atom. The molecule has 0 saturated carbocycles. The lowest BCUT2D eigenvalue weighted by molar-refractivity contribution is 0.0565. The molecular weight excluding hydrogens is 472 g/mol. The molecule has 2 aromatic carbocycles. The molecule has 7 rings (SSSR count). The Labute approximate surface area is 209 Å². The van der Waals surface area contributed by atoms with Crippen LogP contribution in [0, 0.1) is 0 Å². The second-order valence-electron chi connectivity index (χ2n) is 8.83. The smallest absolute Gasteiger partial charge is 0.291 e. The number of hydrogen-bond donors (Lipinski definition) is 1. The van der Waals surface area contributed by atoms with Crippen LogP contribution < -0.4 is 4.74 Å². The maximum Gasteiger partial charge on any atom is 0.291 e. The molecule has 37 heavy (non-hydrogen) atoms. The summed E-state index contributed by atoms with van der Waals surface area (Å²) in [7, 11) is 0. The van der Waals surface area contributed by atoms with Crippen LogP contribution in [0.1, 0.15) is 39.3 Å². The van der Waals surface area contributed by atoms with Gasteiger partial charge in [0.15, 0.2) is 5.76 Å². The minimum Gasteiger partial charge on any atom is -0.489 e. The van der Waals surface area contributed by atoms with E-state index in [1.807, 2.05) is 36.4 Å². The molecule has 4 aromatic heterocycles. The normalized spacial score (nSPS) is 15.2. The first kappa shape index (κ1) is 21.3. The largest absolute Gasteiger partial charge is 0.489 e. The van der Waals surface area contributed by atoms with Gasteiger partial charge in [-0.25, -0.2) is 0 Å². The van der Waals surface area contributed by atoms with Crippen LogP contribution in [-0.4, -0.2) is 36.0 Å². The van der Waals surface area contributed by atoms with Gasteiger partial charge >= 0.3 is 0 Å². The highest BCUT2D eigenvalue weighted by atomic mass is 16.5. The maximum absolute atomic E-state index is 13.9. The number of aromatic amines is 1. The second kappa shape index (κ2) is 8.59. The summed E-state index contributed by atoms with van der Waals surface area (Å²) in [5.74, 6) is 0.938. The van der Waals surface area contributed by atoms with E-state index in [4.69, 9.17) is 13.6 Å². The van der Waals surface area contributed by atoms with Gasteiger partial charge in [0.05, 0.1) is 23.8 Å². The zero-order valence-corrected chi connectivity index (χ0v) is 19.5. The summed E-state index contributed by atoms with van der Waals surface area (Å²) in [6.07, 6.45) is 6.60. The van der Waals surface area contributed by atoms with E-state index in [0.717, 1.165) is 33.2 Å². The zero-order valence-electron chi connectivity index (χ0n) is 19.5. The number of aromatic nitrogens is 5. The SMILES string of the molecule is O=C(c1occc1COc1ccc2nccnc2c1)N1Cc2[nH]c3ccccc3c2CC1c1nnco1. The van der Waals surface area contributed by atoms with E-state index in [0.29, 0.717) is 30.2 Å². The Hall–Kier alpha value is -4.99. The standard InChI is InChI=1S/C27H20N6O4/c34-27(25-16(7-10-35-25)14-36-17-5-6-21-22(11-17)29-9-8-28-21)33-13-23-19(12-24(33)26-32-30-15-37-26)18-3-1-2-4-20(18)31-23/h1-11,15,24,31H,12-14H2. The van der Waals surface area contributed by atoms with Crippen molar-refractivity contribution in [3.63, 3.8) is 0 Å². The van der Waals surface area contributed by atoms with E-state index < -0.39 is 6.04 Å². The van der Waals surface area contributed by atoms with E-state index in [1.165, 1.54) is 12.7 Å². The number of benzene rings is 2. The van der Waals surface area contributed by atoms with Crippen LogP contribution in [0.2, 0.25) is 0 Å². The summed E-state index contributed by atoms with van der Waals surface area (Å²) in [6, 6.07) is 14.9. The molecule has 1 atom stereocenters. The van der Waals surface area contributed by atoms with Gasteiger partial charge < -0.3 is 23.5 Å². The first-order valence-electron chi connectivity index (χ1n) is 11.8. The lowest BCUT2D eigenvalue weighted by atomic mass is 9.96. The Morgan fingerprint density at radius 3 is 2.86 bits per heavy atom. The minimum atomic E-state index is -0.431. The third kappa shape index (κ3) is 3.70. The number of H-pyrrole nitrogens is 1. The van der Waals surface area contributed by atoms with Gasteiger partial charge in [0, 0.05) is 47.0 Å². The highest BCUT2D eigenvalue weighted by Crippen LogP contribution is 2.37. The summed E-state index contributed by atoms with van der Waals surface area (Å²) < 4.78 is 17.2. The highest BCUT2D eigenvalue weighted by Gasteiger charge is 2.38.